The van der Waals surface area contributed by atoms with Crippen LogP contribution in [0.2, 0.25) is 15.3 Å². The number of aromatic carboxylic acids is 1. The zero-order valence-electron chi connectivity index (χ0n) is 10.2. The first-order valence-electron chi connectivity index (χ1n) is 5.54. The SMILES string of the molecule is O=C(O)c1cc(Cl)cc(NC(=O)c2ccc(Cl)nc2Cl)c1. The molecule has 2 aromatic rings. The fraction of sp³-hybridized carbons (Fsp3) is 0. The van der Waals surface area contributed by atoms with Gasteiger partial charge in [-0.2, -0.15) is 0 Å². The number of nitrogens with one attached hydrogen (secondary N) is 1. The van der Waals surface area contributed by atoms with Crippen molar-refractivity contribution in [3.63, 3.8) is 0 Å². The van der Waals surface area contributed by atoms with E-state index in [1.165, 1.54) is 30.3 Å². The van der Waals surface area contributed by atoms with Gasteiger partial charge in [-0.15, -0.1) is 0 Å². The van der Waals surface area contributed by atoms with Crippen LogP contribution >= 0.6 is 34.8 Å². The molecule has 1 aromatic carbocycles. The number of carbonyl (C=O) groups excluding carboxylic acids is 1. The average Bonchev–Trinajstić information content (AvgIpc) is 2.37. The Morgan fingerprint density at radius 3 is 2.43 bits per heavy atom. The molecule has 8 heteroatoms. The number of amides is 1. The molecule has 2 rings (SSSR count). The molecule has 0 radical (unpaired) electrons. The van der Waals surface area contributed by atoms with Gasteiger partial charge in [0.15, 0.2) is 0 Å². The maximum absolute atomic E-state index is 12.1. The molecule has 0 saturated heterocycles. The topological polar surface area (TPSA) is 79.3 Å². The van der Waals surface area contributed by atoms with Crippen LogP contribution in [0.4, 0.5) is 5.69 Å². The van der Waals surface area contributed by atoms with Crippen molar-refractivity contribution in [2.75, 3.05) is 5.32 Å². The van der Waals surface area contributed by atoms with Gasteiger partial charge in [0.2, 0.25) is 0 Å². The first-order chi connectivity index (χ1) is 9.86. The van der Waals surface area contributed by atoms with Crippen LogP contribution in [-0.2, 0) is 0 Å². The predicted molar refractivity (Wildman–Crippen MR) is 80.6 cm³/mol. The Morgan fingerprint density at radius 2 is 1.81 bits per heavy atom. The van der Waals surface area contributed by atoms with E-state index < -0.39 is 11.9 Å². The van der Waals surface area contributed by atoms with Crippen molar-refractivity contribution in [2.45, 2.75) is 0 Å². The van der Waals surface area contributed by atoms with Crippen LogP contribution in [0.3, 0.4) is 0 Å². The number of aromatic nitrogens is 1. The van der Waals surface area contributed by atoms with Gasteiger partial charge in [0.05, 0.1) is 11.1 Å². The van der Waals surface area contributed by atoms with Crippen molar-refractivity contribution in [1.82, 2.24) is 4.98 Å². The summed E-state index contributed by atoms with van der Waals surface area (Å²) in [7, 11) is 0. The fourth-order valence-electron chi connectivity index (χ4n) is 1.57. The first kappa shape index (κ1) is 15.6. The number of carboxylic acid groups (broad SMARTS) is 1. The van der Waals surface area contributed by atoms with Crippen LogP contribution in [-0.4, -0.2) is 22.0 Å². The lowest BCUT2D eigenvalue weighted by Crippen LogP contribution is -2.13. The average molecular weight is 346 g/mol. The van der Waals surface area contributed by atoms with E-state index in [4.69, 9.17) is 39.9 Å². The molecule has 0 atom stereocenters. The highest BCUT2D eigenvalue weighted by Gasteiger charge is 2.14. The minimum atomic E-state index is -1.15. The Kier molecular flexibility index (Phi) is 4.67. The summed E-state index contributed by atoms with van der Waals surface area (Å²) < 4.78 is 0. The smallest absolute Gasteiger partial charge is 0.335 e. The zero-order valence-corrected chi connectivity index (χ0v) is 12.5. The minimum absolute atomic E-state index is 0.0434. The third-order valence-electron chi connectivity index (χ3n) is 2.46. The van der Waals surface area contributed by atoms with Gasteiger partial charge in [-0.1, -0.05) is 34.8 Å². The summed E-state index contributed by atoms with van der Waals surface area (Å²) in [6, 6.07) is 6.81. The van der Waals surface area contributed by atoms with Crippen LogP contribution in [0.15, 0.2) is 30.3 Å². The number of rotatable bonds is 3. The molecule has 1 aromatic heterocycles. The summed E-state index contributed by atoms with van der Waals surface area (Å²) in [6.07, 6.45) is 0. The van der Waals surface area contributed by atoms with Gasteiger partial charge in [0, 0.05) is 10.7 Å². The maximum Gasteiger partial charge on any atom is 0.335 e. The van der Waals surface area contributed by atoms with Gasteiger partial charge in [-0.3, -0.25) is 4.79 Å². The van der Waals surface area contributed by atoms with Crippen molar-refractivity contribution in [3.05, 3.63) is 56.8 Å². The van der Waals surface area contributed by atoms with Crippen LogP contribution in [0.5, 0.6) is 0 Å². The molecule has 1 heterocycles. The number of nitrogens with zero attached hydrogens (tertiary/aromatic N) is 1. The van der Waals surface area contributed by atoms with E-state index >= 15 is 0 Å². The number of anilines is 1. The number of carbonyl (C=O) groups is 2. The Hall–Kier alpha value is -1.82. The van der Waals surface area contributed by atoms with Crippen LogP contribution < -0.4 is 5.32 Å². The molecule has 0 aliphatic heterocycles. The standard InChI is InChI=1S/C13H7Cl3N2O3/c14-7-3-6(13(20)21)4-8(5-7)17-12(19)9-1-2-10(15)18-11(9)16/h1-5H,(H,17,19)(H,20,21). The van der Waals surface area contributed by atoms with E-state index in [1.54, 1.807) is 0 Å². The molecule has 0 aliphatic carbocycles. The van der Waals surface area contributed by atoms with Gasteiger partial charge in [-0.25, -0.2) is 9.78 Å². The quantitative estimate of drug-likeness (QED) is 0.824. The van der Waals surface area contributed by atoms with Crippen molar-refractivity contribution in [3.8, 4) is 0 Å². The number of carboxylic acids is 1. The molecule has 0 aliphatic rings. The van der Waals surface area contributed by atoms with Crippen LogP contribution in [0, 0.1) is 0 Å². The van der Waals surface area contributed by atoms with Crippen molar-refractivity contribution in [1.29, 1.82) is 0 Å². The first-order valence-corrected chi connectivity index (χ1v) is 6.67. The second-order valence-corrected chi connectivity index (χ2v) is 5.14. The number of hydrogen-bond donors (Lipinski definition) is 2. The van der Waals surface area contributed by atoms with E-state index in [0.29, 0.717) is 0 Å². The Labute approximate surface area is 134 Å². The molecular formula is C13H7Cl3N2O3. The van der Waals surface area contributed by atoms with E-state index in [9.17, 15) is 9.59 Å². The molecule has 5 nitrogen and oxygen atoms in total. The van der Waals surface area contributed by atoms with Crippen LogP contribution in [0.1, 0.15) is 20.7 Å². The van der Waals surface area contributed by atoms with Gasteiger partial charge in [-0.05, 0) is 30.3 Å². The lowest BCUT2D eigenvalue weighted by molar-refractivity contribution is 0.0696. The Balaban J connectivity index is 2.29. The lowest BCUT2D eigenvalue weighted by Gasteiger charge is -2.08. The molecule has 108 valence electrons. The van der Waals surface area contributed by atoms with Crippen molar-refractivity contribution < 1.29 is 14.7 Å². The highest BCUT2D eigenvalue weighted by atomic mass is 35.5. The van der Waals surface area contributed by atoms with E-state index in [2.05, 4.69) is 10.3 Å². The van der Waals surface area contributed by atoms with Crippen molar-refractivity contribution in [2.24, 2.45) is 0 Å². The second kappa shape index (κ2) is 6.30. The monoisotopic (exact) mass is 344 g/mol. The number of hydrogen-bond acceptors (Lipinski definition) is 3. The molecular weight excluding hydrogens is 339 g/mol. The summed E-state index contributed by atoms with van der Waals surface area (Å²) in [5.74, 6) is -1.71. The number of halogens is 3. The fourth-order valence-corrected chi connectivity index (χ4v) is 2.23. The molecule has 0 saturated carbocycles. The summed E-state index contributed by atoms with van der Waals surface area (Å²) in [6.45, 7) is 0. The number of benzene rings is 1. The molecule has 0 fully saturated rings. The summed E-state index contributed by atoms with van der Waals surface area (Å²) >= 11 is 17.3. The molecule has 0 spiro atoms. The van der Waals surface area contributed by atoms with Gasteiger partial charge in [0.25, 0.3) is 5.91 Å². The van der Waals surface area contributed by atoms with Gasteiger partial charge < -0.3 is 10.4 Å². The molecule has 0 bridgehead atoms. The summed E-state index contributed by atoms with van der Waals surface area (Å²) in [5, 5.41) is 11.7. The normalized spacial score (nSPS) is 10.2. The molecule has 21 heavy (non-hydrogen) atoms. The van der Waals surface area contributed by atoms with E-state index in [1.807, 2.05) is 0 Å². The van der Waals surface area contributed by atoms with Gasteiger partial charge in [0.1, 0.15) is 10.3 Å². The summed E-state index contributed by atoms with van der Waals surface area (Å²) in [4.78, 5) is 26.8. The van der Waals surface area contributed by atoms with Gasteiger partial charge >= 0.3 is 5.97 Å². The number of pyridine rings is 1. The summed E-state index contributed by atoms with van der Waals surface area (Å²) in [5.41, 5.74) is 0.298. The highest BCUT2D eigenvalue weighted by Crippen LogP contribution is 2.22. The molecule has 2 N–H and O–H groups in total. The Morgan fingerprint density at radius 1 is 1.10 bits per heavy atom. The second-order valence-electron chi connectivity index (χ2n) is 3.96. The Bertz CT molecular complexity index is 735. The van der Waals surface area contributed by atoms with Crippen molar-refractivity contribution >= 4 is 52.4 Å². The van der Waals surface area contributed by atoms with Crippen LogP contribution in [0.25, 0.3) is 0 Å². The molecule has 1 amide bonds. The predicted octanol–water partition coefficient (Wildman–Crippen LogP) is 3.99. The van der Waals surface area contributed by atoms with E-state index in [0.717, 1.165) is 0 Å². The lowest BCUT2D eigenvalue weighted by atomic mass is 10.2. The highest BCUT2D eigenvalue weighted by molar-refractivity contribution is 6.35. The third-order valence-corrected chi connectivity index (χ3v) is 3.18. The zero-order chi connectivity index (χ0) is 15.6. The molecule has 0 unspecified atom stereocenters. The largest absolute Gasteiger partial charge is 0.478 e. The minimum Gasteiger partial charge on any atom is -0.478 e. The third kappa shape index (κ3) is 3.85. The van der Waals surface area contributed by atoms with E-state index in [-0.39, 0.29) is 32.1 Å². The maximum atomic E-state index is 12.1.